The second-order valence-corrected chi connectivity index (χ2v) is 6.29. The first-order chi connectivity index (χ1) is 8.69. The molecule has 0 amide bonds. The smallest absolute Gasteiger partial charge is 0.0681 e. The maximum atomic E-state index is 12.2. The predicted molar refractivity (Wildman–Crippen MR) is 76.6 cm³/mol. The Morgan fingerprint density at radius 1 is 1.06 bits per heavy atom. The molecule has 4 heteroatoms. The Bertz CT molecular complexity index is 552. The van der Waals surface area contributed by atoms with Crippen LogP contribution in [0.3, 0.4) is 0 Å². The predicted octanol–water partition coefficient (Wildman–Crippen LogP) is 3.25. The number of hydrogen-bond acceptors (Lipinski definition) is 2. The fourth-order valence-electron chi connectivity index (χ4n) is 1.58. The average molecular weight is 325 g/mol. The number of halogens is 1. The van der Waals surface area contributed by atoms with Crippen molar-refractivity contribution >= 4 is 26.7 Å². The molecule has 0 radical (unpaired) electrons. The fraction of sp³-hybridized carbons (Fsp3) is 0.143. The largest absolute Gasteiger partial charge is 0.392 e. The van der Waals surface area contributed by atoms with E-state index in [1.54, 1.807) is 0 Å². The summed E-state index contributed by atoms with van der Waals surface area (Å²) in [5, 5.41) is 8.95. The van der Waals surface area contributed by atoms with Crippen LogP contribution in [-0.4, -0.2) is 9.32 Å². The zero-order chi connectivity index (χ0) is 13.0. The molecule has 1 N–H and O–H groups in total. The van der Waals surface area contributed by atoms with E-state index < -0.39 is 10.8 Å². The van der Waals surface area contributed by atoms with E-state index in [-0.39, 0.29) is 6.61 Å². The second-order valence-electron chi connectivity index (χ2n) is 3.92. The highest BCUT2D eigenvalue weighted by molar-refractivity contribution is 9.10. The first-order valence-corrected chi connectivity index (χ1v) is 7.63. The third kappa shape index (κ3) is 3.51. The van der Waals surface area contributed by atoms with Crippen LogP contribution in [0.1, 0.15) is 11.1 Å². The van der Waals surface area contributed by atoms with Crippen molar-refractivity contribution in [3.05, 3.63) is 64.1 Å². The molecule has 0 heterocycles. The molecule has 1 atom stereocenters. The highest BCUT2D eigenvalue weighted by Gasteiger charge is 2.05. The van der Waals surface area contributed by atoms with Crippen LogP contribution in [0.25, 0.3) is 0 Å². The van der Waals surface area contributed by atoms with Crippen LogP contribution < -0.4 is 0 Å². The highest BCUT2D eigenvalue weighted by atomic mass is 79.9. The Morgan fingerprint density at radius 3 is 2.33 bits per heavy atom. The molecule has 0 aromatic heterocycles. The lowest BCUT2D eigenvalue weighted by molar-refractivity contribution is 0.282. The molecule has 0 bridgehead atoms. The van der Waals surface area contributed by atoms with Crippen LogP contribution in [0.5, 0.6) is 0 Å². The molecule has 0 fully saturated rings. The third-order valence-corrected chi connectivity index (χ3v) is 4.43. The Morgan fingerprint density at radius 2 is 1.72 bits per heavy atom. The molecule has 2 aromatic rings. The van der Waals surface area contributed by atoms with Crippen molar-refractivity contribution in [3.63, 3.8) is 0 Å². The van der Waals surface area contributed by atoms with E-state index >= 15 is 0 Å². The van der Waals surface area contributed by atoms with E-state index in [1.807, 2.05) is 48.5 Å². The number of hydrogen-bond donors (Lipinski definition) is 1. The van der Waals surface area contributed by atoms with Gasteiger partial charge < -0.3 is 5.11 Å². The maximum absolute atomic E-state index is 12.2. The minimum Gasteiger partial charge on any atom is -0.392 e. The number of benzene rings is 2. The average Bonchev–Trinajstić information content (AvgIpc) is 2.39. The van der Waals surface area contributed by atoms with Gasteiger partial charge in [-0.15, -0.1) is 0 Å². The third-order valence-electron chi connectivity index (χ3n) is 2.56. The molecule has 0 spiro atoms. The molecule has 2 nitrogen and oxygen atoms in total. The van der Waals surface area contributed by atoms with E-state index in [0.717, 1.165) is 20.5 Å². The zero-order valence-electron chi connectivity index (χ0n) is 9.67. The topological polar surface area (TPSA) is 37.3 Å². The van der Waals surface area contributed by atoms with Crippen molar-refractivity contribution in [2.24, 2.45) is 0 Å². The fourth-order valence-corrected chi connectivity index (χ4v) is 3.29. The maximum Gasteiger partial charge on any atom is 0.0681 e. The lowest BCUT2D eigenvalue weighted by atomic mass is 10.2. The summed E-state index contributed by atoms with van der Waals surface area (Å²) in [7, 11) is -1.05. The first-order valence-electron chi connectivity index (χ1n) is 5.51. The van der Waals surface area contributed by atoms with Crippen LogP contribution in [0.4, 0.5) is 0 Å². The summed E-state index contributed by atoms with van der Waals surface area (Å²) in [5.41, 5.74) is 1.87. The molecule has 0 saturated carbocycles. The normalized spacial score (nSPS) is 12.3. The number of aliphatic hydroxyl groups is 1. The second kappa shape index (κ2) is 6.27. The summed E-state index contributed by atoms with van der Waals surface area (Å²) in [6.07, 6.45) is 0. The van der Waals surface area contributed by atoms with Gasteiger partial charge in [-0.2, -0.15) is 0 Å². The molecule has 2 rings (SSSR count). The van der Waals surface area contributed by atoms with Gasteiger partial charge >= 0.3 is 0 Å². The van der Waals surface area contributed by atoms with Crippen LogP contribution in [0.15, 0.2) is 57.9 Å². The quantitative estimate of drug-likeness (QED) is 0.937. The number of rotatable bonds is 4. The van der Waals surface area contributed by atoms with Crippen LogP contribution in [0, 0.1) is 0 Å². The lowest BCUT2D eigenvalue weighted by Gasteiger charge is -2.04. The van der Waals surface area contributed by atoms with Gasteiger partial charge in [-0.1, -0.05) is 46.3 Å². The van der Waals surface area contributed by atoms with Gasteiger partial charge in [-0.25, -0.2) is 0 Å². The van der Waals surface area contributed by atoms with E-state index in [4.69, 9.17) is 5.11 Å². The Kier molecular flexibility index (Phi) is 4.69. The zero-order valence-corrected chi connectivity index (χ0v) is 12.1. The summed E-state index contributed by atoms with van der Waals surface area (Å²) < 4.78 is 13.1. The van der Waals surface area contributed by atoms with Crippen molar-refractivity contribution in [3.8, 4) is 0 Å². The summed E-state index contributed by atoms with van der Waals surface area (Å²) in [5.74, 6) is 0.488. The summed E-state index contributed by atoms with van der Waals surface area (Å²) in [6.45, 7) is 0.0367. The van der Waals surface area contributed by atoms with Crippen molar-refractivity contribution in [1.29, 1.82) is 0 Å². The van der Waals surface area contributed by atoms with Crippen LogP contribution in [0.2, 0.25) is 0 Å². The molecule has 1 unspecified atom stereocenters. The van der Waals surface area contributed by atoms with Gasteiger partial charge in [0.1, 0.15) is 0 Å². The van der Waals surface area contributed by atoms with Crippen molar-refractivity contribution in [1.82, 2.24) is 0 Å². The Labute approximate surface area is 117 Å². The van der Waals surface area contributed by atoms with Gasteiger partial charge in [0.2, 0.25) is 0 Å². The molecule has 2 aromatic carbocycles. The van der Waals surface area contributed by atoms with Gasteiger partial charge in [0, 0.05) is 9.37 Å². The molecule has 0 aliphatic carbocycles. The van der Waals surface area contributed by atoms with E-state index in [1.165, 1.54) is 0 Å². The van der Waals surface area contributed by atoms with Crippen LogP contribution in [-0.2, 0) is 23.2 Å². The van der Waals surface area contributed by atoms with E-state index in [9.17, 15) is 4.21 Å². The highest BCUT2D eigenvalue weighted by Crippen LogP contribution is 2.17. The van der Waals surface area contributed by atoms with Gasteiger partial charge in [-0.05, 0) is 29.3 Å². The standard InChI is InChI=1S/C14H13BrO2S/c15-13-2-1-3-14(8-13)18(17)10-12-6-4-11(9-16)5-7-12/h1-8,16H,9-10H2. The van der Waals surface area contributed by atoms with Gasteiger partial charge in [0.25, 0.3) is 0 Å². The SMILES string of the molecule is O=S(Cc1ccc(CO)cc1)c1cccc(Br)c1. The summed E-state index contributed by atoms with van der Waals surface area (Å²) in [6, 6.07) is 15.0. The van der Waals surface area contributed by atoms with Crippen molar-refractivity contribution < 1.29 is 9.32 Å². The molecule has 94 valence electrons. The lowest BCUT2D eigenvalue weighted by Crippen LogP contribution is -1.96. The van der Waals surface area contributed by atoms with Crippen LogP contribution >= 0.6 is 15.9 Å². The monoisotopic (exact) mass is 324 g/mol. The van der Waals surface area contributed by atoms with Gasteiger partial charge in [-0.3, -0.25) is 4.21 Å². The van der Waals surface area contributed by atoms with Crippen molar-refractivity contribution in [2.75, 3.05) is 0 Å². The van der Waals surface area contributed by atoms with Gasteiger partial charge in [0.15, 0.2) is 0 Å². The molecule has 0 saturated heterocycles. The minimum atomic E-state index is -1.05. The van der Waals surface area contributed by atoms with E-state index in [0.29, 0.717) is 5.75 Å². The Balaban J connectivity index is 2.11. The summed E-state index contributed by atoms with van der Waals surface area (Å²) in [4.78, 5) is 0.815. The first kappa shape index (κ1) is 13.5. The molecular weight excluding hydrogens is 312 g/mol. The van der Waals surface area contributed by atoms with Crippen molar-refractivity contribution in [2.45, 2.75) is 17.3 Å². The van der Waals surface area contributed by atoms with Gasteiger partial charge in [0.05, 0.1) is 23.2 Å². The Hall–Kier alpha value is -0.970. The minimum absolute atomic E-state index is 0.0367. The van der Waals surface area contributed by atoms with E-state index in [2.05, 4.69) is 15.9 Å². The summed E-state index contributed by atoms with van der Waals surface area (Å²) >= 11 is 3.37. The molecular formula is C14H13BrO2S. The number of aliphatic hydroxyl groups excluding tert-OH is 1. The molecule has 0 aliphatic rings. The molecule has 18 heavy (non-hydrogen) atoms. The molecule has 0 aliphatic heterocycles.